The fourth-order valence-corrected chi connectivity index (χ4v) is 5.60. The zero-order valence-electron chi connectivity index (χ0n) is 19.9. The minimum absolute atomic E-state index is 0.0293. The summed E-state index contributed by atoms with van der Waals surface area (Å²) in [6, 6.07) is 12.1. The number of halogens is 2. The van der Waals surface area contributed by atoms with Crippen LogP contribution in [0.3, 0.4) is 0 Å². The smallest absolute Gasteiger partial charge is 0.243 e. The van der Waals surface area contributed by atoms with Crippen LogP contribution in [0.2, 0.25) is 10.0 Å². The largest absolute Gasteiger partial charge is 0.352 e. The van der Waals surface area contributed by atoms with Crippen molar-refractivity contribution in [2.45, 2.75) is 62.6 Å². The van der Waals surface area contributed by atoms with Crippen LogP contribution in [0.15, 0.2) is 53.4 Å². The van der Waals surface area contributed by atoms with Crippen molar-refractivity contribution in [1.29, 1.82) is 0 Å². The molecule has 35 heavy (non-hydrogen) atoms. The highest BCUT2D eigenvalue weighted by atomic mass is 35.5. The lowest BCUT2D eigenvalue weighted by atomic mass is 9.95. The Kier molecular flexibility index (Phi) is 9.58. The molecule has 10 heteroatoms. The molecule has 1 unspecified atom stereocenters. The zero-order valence-corrected chi connectivity index (χ0v) is 22.2. The predicted octanol–water partition coefficient (Wildman–Crippen LogP) is 4.48. The summed E-state index contributed by atoms with van der Waals surface area (Å²) in [6.45, 7) is 1.36. The molecule has 0 radical (unpaired) electrons. The van der Waals surface area contributed by atoms with Crippen molar-refractivity contribution in [3.8, 4) is 0 Å². The number of sulfonamides is 1. The molecule has 0 saturated heterocycles. The lowest BCUT2D eigenvalue weighted by Gasteiger charge is -2.32. The third-order valence-electron chi connectivity index (χ3n) is 6.24. The van der Waals surface area contributed by atoms with Crippen LogP contribution in [0.1, 0.15) is 44.6 Å². The van der Waals surface area contributed by atoms with Gasteiger partial charge in [0.15, 0.2) is 0 Å². The van der Waals surface area contributed by atoms with Crippen molar-refractivity contribution in [3.63, 3.8) is 0 Å². The molecule has 0 heterocycles. The Hall–Kier alpha value is -2.13. The number of carbonyl (C=O) groups is 2. The van der Waals surface area contributed by atoms with Gasteiger partial charge in [-0.05, 0) is 61.7 Å². The monoisotopic (exact) mass is 539 g/mol. The number of hydrogen-bond acceptors (Lipinski definition) is 4. The summed E-state index contributed by atoms with van der Waals surface area (Å²) in [5.74, 6) is -0.744. The maximum atomic E-state index is 13.4. The maximum absolute atomic E-state index is 13.4. The Bertz CT molecular complexity index is 1140. The molecule has 0 aliphatic heterocycles. The molecule has 0 aromatic heterocycles. The van der Waals surface area contributed by atoms with Gasteiger partial charge in [0, 0.05) is 29.7 Å². The summed E-state index contributed by atoms with van der Waals surface area (Å²) < 4.78 is 27.0. The minimum Gasteiger partial charge on any atom is -0.352 e. The fourth-order valence-electron chi connectivity index (χ4n) is 4.14. The van der Waals surface area contributed by atoms with Crippen LogP contribution in [-0.4, -0.2) is 55.1 Å². The highest BCUT2D eigenvalue weighted by Crippen LogP contribution is 2.21. The van der Waals surface area contributed by atoms with Crippen molar-refractivity contribution >= 4 is 45.0 Å². The summed E-state index contributed by atoms with van der Waals surface area (Å²) in [5.41, 5.74) is 0.742. The fraction of sp³-hybridized carbons (Fsp3) is 0.440. The van der Waals surface area contributed by atoms with E-state index in [1.807, 2.05) is 6.07 Å². The summed E-state index contributed by atoms with van der Waals surface area (Å²) in [4.78, 5) is 27.9. The second kappa shape index (κ2) is 12.2. The molecule has 1 aliphatic carbocycles. The number of carbonyl (C=O) groups excluding carboxylic acids is 2. The highest BCUT2D eigenvalue weighted by molar-refractivity contribution is 7.89. The minimum atomic E-state index is -3.93. The van der Waals surface area contributed by atoms with Crippen molar-refractivity contribution in [3.05, 3.63) is 64.1 Å². The molecule has 3 rings (SSSR count). The molecule has 1 fully saturated rings. The summed E-state index contributed by atoms with van der Waals surface area (Å²) in [7, 11) is -2.59. The first kappa shape index (κ1) is 27.5. The highest BCUT2D eigenvalue weighted by Gasteiger charge is 2.31. The van der Waals surface area contributed by atoms with Crippen LogP contribution in [0.25, 0.3) is 0 Å². The lowest BCUT2D eigenvalue weighted by Crippen LogP contribution is -2.52. The average Bonchev–Trinajstić information content (AvgIpc) is 2.83. The van der Waals surface area contributed by atoms with Crippen molar-refractivity contribution in [2.24, 2.45) is 0 Å². The molecule has 1 saturated carbocycles. The molecule has 2 aromatic rings. The topological polar surface area (TPSA) is 86.8 Å². The van der Waals surface area contributed by atoms with Gasteiger partial charge in [0.25, 0.3) is 0 Å². The molecule has 2 amide bonds. The van der Waals surface area contributed by atoms with Gasteiger partial charge < -0.3 is 10.2 Å². The Morgan fingerprint density at radius 3 is 2.31 bits per heavy atom. The quantitative estimate of drug-likeness (QED) is 0.508. The first-order valence-electron chi connectivity index (χ1n) is 11.6. The molecule has 190 valence electrons. The van der Waals surface area contributed by atoms with E-state index in [0.29, 0.717) is 10.0 Å². The van der Waals surface area contributed by atoms with Crippen molar-refractivity contribution in [2.75, 3.05) is 13.6 Å². The maximum Gasteiger partial charge on any atom is 0.243 e. The first-order chi connectivity index (χ1) is 16.6. The standard InChI is InChI=1S/C25H31Cl2N3O4S/c1-18(25(32)28-22-9-4-3-5-10-22)30(16-19-7-6-8-21(27)15-19)24(31)17-29(2)35(33,34)23-13-11-20(26)12-14-23/h6-8,11-15,18,22H,3-5,9-10,16-17H2,1-2H3,(H,28,32). The van der Waals surface area contributed by atoms with E-state index in [1.54, 1.807) is 25.1 Å². The van der Waals surface area contributed by atoms with Crippen LogP contribution in [-0.2, 0) is 26.2 Å². The lowest BCUT2D eigenvalue weighted by molar-refractivity contribution is -0.141. The summed E-state index contributed by atoms with van der Waals surface area (Å²) >= 11 is 12.0. The second-order valence-electron chi connectivity index (χ2n) is 8.89. The van der Waals surface area contributed by atoms with Gasteiger partial charge in [0.2, 0.25) is 21.8 Å². The van der Waals surface area contributed by atoms with Gasteiger partial charge in [-0.15, -0.1) is 0 Å². The van der Waals surface area contributed by atoms with Gasteiger partial charge in [-0.1, -0.05) is 54.6 Å². The van der Waals surface area contributed by atoms with E-state index in [1.165, 1.54) is 36.2 Å². The van der Waals surface area contributed by atoms with Crippen LogP contribution in [0, 0.1) is 0 Å². The van der Waals surface area contributed by atoms with Crippen LogP contribution < -0.4 is 5.32 Å². The van der Waals surface area contributed by atoms with Crippen LogP contribution >= 0.6 is 23.2 Å². The number of amides is 2. The Balaban J connectivity index is 1.79. The van der Waals surface area contributed by atoms with Gasteiger partial charge in [-0.2, -0.15) is 4.31 Å². The number of likely N-dealkylation sites (N-methyl/N-ethyl adjacent to an activating group) is 1. The van der Waals surface area contributed by atoms with Gasteiger partial charge in [0.1, 0.15) is 6.04 Å². The van der Waals surface area contributed by atoms with E-state index in [-0.39, 0.29) is 23.4 Å². The van der Waals surface area contributed by atoms with E-state index in [9.17, 15) is 18.0 Å². The van der Waals surface area contributed by atoms with E-state index in [2.05, 4.69) is 5.32 Å². The predicted molar refractivity (Wildman–Crippen MR) is 138 cm³/mol. The number of rotatable bonds is 9. The van der Waals surface area contributed by atoms with Crippen LogP contribution in [0.5, 0.6) is 0 Å². The van der Waals surface area contributed by atoms with Crippen molar-refractivity contribution in [1.82, 2.24) is 14.5 Å². The number of benzene rings is 2. The summed E-state index contributed by atoms with van der Waals surface area (Å²) in [5, 5.41) is 3.98. The van der Waals surface area contributed by atoms with E-state index >= 15 is 0 Å². The Labute approximate surface area is 217 Å². The zero-order chi connectivity index (χ0) is 25.6. The third-order valence-corrected chi connectivity index (χ3v) is 8.55. The van der Waals surface area contributed by atoms with Gasteiger partial charge in [0.05, 0.1) is 11.4 Å². The Morgan fingerprint density at radius 2 is 1.69 bits per heavy atom. The molecule has 1 atom stereocenters. The molecule has 7 nitrogen and oxygen atoms in total. The third kappa shape index (κ3) is 7.43. The second-order valence-corrected chi connectivity index (χ2v) is 11.8. The van der Waals surface area contributed by atoms with E-state index < -0.39 is 28.5 Å². The Morgan fingerprint density at radius 1 is 1.03 bits per heavy atom. The summed E-state index contributed by atoms with van der Waals surface area (Å²) in [6.07, 6.45) is 5.14. The molecular formula is C25H31Cl2N3O4S. The normalized spacial score (nSPS) is 15.6. The molecule has 0 bridgehead atoms. The van der Waals surface area contributed by atoms with Gasteiger partial charge >= 0.3 is 0 Å². The number of nitrogens with zero attached hydrogens (tertiary/aromatic N) is 2. The van der Waals surface area contributed by atoms with E-state index in [4.69, 9.17) is 23.2 Å². The molecular weight excluding hydrogens is 509 g/mol. The number of hydrogen-bond donors (Lipinski definition) is 1. The molecule has 1 aliphatic rings. The average molecular weight is 541 g/mol. The first-order valence-corrected chi connectivity index (χ1v) is 13.8. The SMILES string of the molecule is CC(C(=O)NC1CCCCC1)N(Cc1cccc(Cl)c1)C(=O)CN(C)S(=O)(=O)c1ccc(Cl)cc1. The number of nitrogens with one attached hydrogen (secondary N) is 1. The van der Waals surface area contributed by atoms with Crippen LogP contribution in [0.4, 0.5) is 0 Å². The molecule has 2 aromatic carbocycles. The van der Waals surface area contributed by atoms with E-state index in [0.717, 1.165) is 42.0 Å². The molecule has 0 spiro atoms. The van der Waals surface area contributed by atoms with Gasteiger partial charge in [-0.3, -0.25) is 9.59 Å². The van der Waals surface area contributed by atoms with Gasteiger partial charge in [-0.25, -0.2) is 8.42 Å². The molecule has 1 N–H and O–H groups in total. The van der Waals surface area contributed by atoms with Crippen molar-refractivity contribution < 1.29 is 18.0 Å².